The van der Waals surface area contributed by atoms with Crippen molar-refractivity contribution >= 4 is 18.3 Å². The monoisotopic (exact) mass is 554 g/mol. The smallest absolute Gasteiger partial charge is 0.308 e. The van der Waals surface area contributed by atoms with Gasteiger partial charge in [0.1, 0.15) is 5.75 Å². The Bertz CT molecular complexity index is 1010. The van der Waals surface area contributed by atoms with Gasteiger partial charge >= 0.3 is 11.9 Å². The van der Waals surface area contributed by atoms with E-state index in [1.165, 1.54) is 38.5 Å². The van der Waals surface area contributed by atoms with Gasteiger partial charge in [0.25, 0.3) is 0 Å². The second kappa shape index (κ2) is 17.2. The van der Waals surface area contributed by atoms with Crippen LogP contribution in [0.3, 0.4) is 0 Å². The average molecular weight is 555 g/mol. The van der Waals surface area contributed by atoms with Crippen LogP contribution < -0.4 is 15.2 Å². The van der Waals surface area contributed by atoms with E-state index in [4.69, 9.17) is 9.68 Å². The minimum atomic E-state index is -0.870. The minimum Gasteiger partial charge on any atom is -0.481 e. The molecular weight excluding hydrogens is 512 g/mol. The van der Waals surface area contributed by atoms with E-state index >= 15 is 0 Å². The first kappa shape index (κ1) is 30.9. The van der Waals surface area contributed by atoms with Gasteiger partial charge in [-0.25, -0.2) is 0 Å². The molecular formula is C31H42N2O7. The van der Waals surface area contributed by atoms with Crippen LogP contribution in [0.15, 0.2) is 60.7 Å². The molecule has 2 atom stereocenters. The van der Waals surface area contributed by atoms with Crippen molar-refractivity contribution in [1.82, 2.24) is 10.5 Å². The first-order chi connectivity index (χ1) is 19.4. The summed E-state index contributed by atoms with van der Waals surface area (Å²) in [5.41, 5.74) is 2.78. The Kier molecular flexibility index (Phi) is 13.3. The molecule has 2 saturated carbocycles. The highest BCUT2D eigenvalue weighted by Crippen LogP contribution is 2.31. The third-order valence-corrected chi connectivity index (χ3v) is 7.63. The highest BCUT2D eigenvalue weighted by atomic mass is 16.7. The SMILES string of the molecule is O=C(O)[C@@H](CNOc1ccccc1)CC1CCCC1.O=CN(C[C@@H](CC1CCCC1)C(=O)O)Oc1ccccc1. The number of hydrogen-bond acceptors (Lipinski definition) is 6. The predicted molar refractivity (Wildman–Crippen MR) is 150 cm³/mol. The molecule has 2 aliphatic rings. The number of amides is 1. The van der Waals surface area contributed by atoms with Gasteiger partial charge in [0.2, 0.25) is 6.41 Å². The molecule has 2 aromatic rings. The van der Waals surface area contributed by atoms with Crippen molar-refractivity contribution in [2.75, 3.05) is 13.1 Å². The Morgan fingerprint density at radius 1 is 0.800 bits per heavy atom. The Labute approximate surface area is 236 Å². The molecule has 218 valence electrons. The minimum absolute atomic E-state index is 0.0736. The summed E-state index contributed by atoms with van der Waals surface area (Å²) in [4.78, 5) is 44.5. The number of para-hydroxylation sites is 2. The number of hydrogen-bond donors (Lipinski definition) is 3. The fraction of sp³-hybridized carbons (Fsp3) is 0.516. The maximum atomic E-state index is 11.4. The Balaban J connectivity index is 0.000000222. The van der Waals surface area contributed by atoms with Crippen LogP contribution in [-0.2, 0) is 14.4 Å². The van der Waals surface area contributed by atoms with Crippen LogP contribution >= 0.6 is 0 Å². The highest BCUT2D eigenvalue weighted by Gasteiger charge is 2.27. The molecule has 2 aliphatic carbocycles. The topological polar surface area (TPSA) is 125 Å². The summed E-state index contributed by atoms with van der Waals surface area (Å²) in [5, 5.41) is 19.7. The van der Waals surface area contributed by atoms with E-state index in [2.05, 4.69) is 5.48 Å². The molecule has 2 fully saturated rings. The lowest BCUT2D eigenvalue weighted by molar-refractivity contribution is -0.153. The molecule has 9 heteroatoms. The molecule has 0 aromatic heterocycles. The van der Waals surface area contributed by atoms with E-state index in [1.54, 1.807) is 24.3 Å². The Morgan fingerprint density at radius 3 is 1.75 bits per heavy atom. The molecule has 0 radical (unpaired) electrons. The fourth-order valence-corrected chi connectivity index (χ4v) is 5.47. The van der Waals surface area contributed by atoms with E-state index < -0.39 is 17.9 Å². The van der Waals surface area contributed by atoms with Crippen LogP contribution in [-0.4, -0.2) is 46.7 Å². The number of carboxylic acid groups (broad SMARTS) is 2. The molecule has 9 nitrogen and oxygen atoms in total. The van der Waals surface area contributed by atoms with Gasteiger partial charge < -0.3 is 19.9 Å². The highest BCUT2D eigenvalue weighted by molar-refractivity contribution is 5.71. The number of benzene rings is 2. The lowest BCUT2D eigenvalue weighted by atomic mass is 9.93. The van der Waals surface area contributed by atoms with Gasteiger partial charge in [-0.1, -0.05) is 87.8 Å². The molecule has 0 saturated heterocycles. The van der Waals surface area contributed by atoms with Gasteiger partial charge in [0, 0.05) is 6.54 Å². The number of rotatable bonds is 15. The van der Waals surface area contributed by atoms with E-state index in [0.29, 0.717) is 42.7 Å². The number of aliphatic carboxylic acids is 2. The summed E-state index contributed by atoms with van der Waals surface area (Å²) in [6, 6.07) is 18.2. The molecule has 3 N–H and O–H groups in total. The maximum Gasteiger partial charge on any atom is 0.308 e. The second-order valence-electron chi connectivity index (χ2n) is 10.7. The molecule has 40 heavy (non-hydrogen) atoms. The van der Waals surface area contributed by atoms with Gasteiger partial charge in [-0.15, -0.1) is 0 Å². The molecule has 0 aliphatic heterocycles. The van der Waals surface area contributed by atoms with Crippen LogP contribution in [0, 0.1) is 23.7 Å². The first-order valence-corrected chi connectivity index (χ1v) is 14.3. The summed E-state index contributed by atoms with van der Waals surface area (Å²) in [6.07, 6.45) is 11.2. The van der Waals surface area contributed by atoms with Crippen molar-refractivity contribution in [2.24, 2.45) is 23.7 Å². The maximum absolute atomic E-state index is 11.4. The third kappa shape index (κ3) is 11.3. The quantitative estimate of drug-likeness (QED) is 0.193. The summed E-state index contributed by atoms with van der Waals surface area (Å²) in [7, 11) is 0. The lowest BCUT2D eigenvalue weighted by Gasteiger charge is -2.23. The molecule has 1 amide bonds. The van der Waals surface area contributed by atoms with Crippen molar-refractivity contribution in [1.29, 1.82) is 0 Å². The van der Waals surface area contributed by atoms with Crippen LogP contribution in [0.25, 0.3) is 0 Å². The fourth-order valence-electron chi connectivity index (χ4n) is 5.47. The van der Waals surface area contributed by atoms with E-state index in [1.807, 2.05) is 36.4 Å². The van der Waals surface area contributed by atoms with Crippen molar-refractivity contribution in [3.05, 3.63) is 60.7 Å². The summed E-state index contributed by atoms with van der Waals surface area (Å²) in [6.45, 7) is 0.422. The van der Waals surface area contributed by atoms with Crippen LogP contribution in [0.2, 0.25) is 0 Å². The van der Waals surface area contributed by atoms with Crippen molar-refractivity contribution < 1.29 is 34.3 Å². The zero-order valence-electron chi connectivity index (χ0n) is 23.0. The van der Waals surface area contributed by atoms with Gasteiger partial charge in [0.15, 0.2) is 5.75 Å². The molecule has 0 heterocycles. The Morgan fingerprint density at radius 2 is 1.27 bits per heavy atom. The molecule has 0 unspecified atom stereocenters. The molecule has 2 aromatic carbocycles. The van der Waals surface area contributed by atoms with Crippen molar-refractivity contribution in [3.8, 4) is 11.5 Å². The molecule has 4 rings (SSSR count). The van der Waals surface area contributed by atoms with Gasteiger partial charge in [-0.05, 0) is 48.9 Å². The number of carboxylic acids is 2. The van der Waals surface area contributed by atoms with Gasteiger partial charge in [0.05, 0.1) is 18.4 Å². The number of nitrogens with zero attached hydrogens (tertiary/aromatic N) is 1. The average Bonchev–Trinajstić information content (AvgIpc) is 3.68. The molecule has 0 spiro atoms. The standard InChI is InChI=1S/C16H21NO4.C15H21NO3/c18-12-17(21-15-8-2-1-3-9-15)11-14(16(19)20)10-13-6-4-5-7-13;17-15(18)13(10-12-6-4-5-7-12)11-16-19-14-8-2-1-3-9-14/h1-3,8-9,12-14H,4-7,10-11H2,(H,19,20);1-3,8-9,12-13,16H,4-7,10-11H2,(H,17,18)/t14-;13-/m11/s1. The van der Waals surface area contributed by atoms with E-state index in [9.17, 15) is 24.6 Å². The number of hydroxylamine groups is 3. The largest absolute Gasteiger partial charge is 0.481 e. The number of carbonyl (C=O) groups excluding carboxylic acids is 1. The van der Waals surface area contributed by atoms with E-state index in [0.717, 1.165) is 24.3 Å². The zero-order chi connectivity index (χ0) is 28.6. The lowest BCUT2D eigenvalue weighted by Crippen LogP contribution is -2.35. The normalized spacial score (nSPS) is 16.8. The molecule has 0 bridgehead atoms. The van der Waals surface area contributed by atoms with Crippen molar-refractivity contribution in [3.63, 3.8) is 0 Å². The van der Waals surface area contributed by atoms with Gasteiger partial charge in [-0.3, -0.25) is 14.4 Å². The summed E-state index contributed by atoms with van der Waals surface area (Å²) >= 11 is 0. The first-order valence-electron chi connectivity index (χ1n) is 14.3. The zero-order valence-corrected chi connectivity index (χ0v) is 23.0. The third-order valence-electron chi connectivity index (χ3n) is 7.63. The predicted octanol–water partition coefficient (Wildman–Crippen LogP) is 5.57. The van der Waals surface area contributed by atoms with Gasteiger partial charge in [-0.2, -0.15) is 10.5 Å². The Hall–Kier alpha value is -3.59. The second-order valence-corrected chi connectivity index (χ2v) is 10.7. The van der Waals surface area contributed by atoms with Crippen molar-refractivity contribution in [2.45, 2.75) is 64.2 Å². The van der Waals surface area contributed by atoms with Crippen LogP contribution in [0.5, 0.6) is 11.5 Å². The summed E-state index contributed by atoms with van der Waals surface area (Å²) in [5.74, 6) is -0.312. The van der Waals surface area contributed by atoms with Crippen LogP contribution in [0.1, 0.15) is 64.2 Å². The number of nitrogens with one attached hydrogen (secondary N) is 1. The summed E-state index contributed by atoms with van der Waals surface area (Å²) < 4.78 is 0. The van der Waals surface area contributed by atoms with Crippen LogP contribution in [0.4, 0.5) is 0 Å². The number of carbonyl (C=O) groups is 3. The van der Waals surface area contributed by atoms with E-state index in [-0.39, 0.29) is 12.5 Å².